The lowest BCUT2D eigenvalue weighted by Gasteiger charge is -2.36. The van der Waals surface area contributed by atoms with Crippen LogP contribution in [0.5, 0.6) is 0 Å². The molecule has 0 amide bonds. The van der Waals surface area contributed by atoms with Gasteiger partial charge >= 0.3 is 0 Å². The van der Waals surface area contributed by atoms with Gasteiger partial charge in [-0.25, -0.2) is 4.39 Å². The Labute approximate surface area is 120 Å². The highest BCUT2D eigenvalue weighted by Gasteiger charge is 2.16. The van der Waals surface area contributed by atoms with E-state index in [4.69, 9.17) is 0 Å². The standard InChI is InChI=1S/C16H23FN2O/c1-14(20)4-2-3-9-18-10-12-19(13-11-18)16-7-5-15(17)6-8-16/h5-8H,2-4,9-13H2,1H3. The molecule has 0 aliphatic carbocycles. The maximum absolute atomic E-state index is 12.9. The van der Waals surface area contributed by atoms with Gasteiger partial charge in [-0.2, -0.15) is 0 Å². The first kappa shape index (κ1) is 15.0. The smallest absolute Gasteiger partial charge is 0.129 e. The summed E-state index contributed by atoms with van der Waals surface area (Å²) in [6.45, 7) is 6.78. The molecule has 0 unspecified atom stereocenters. The summed E-state index contributed by atoms with van der Waals surface area (Å²) >= 11 is 0. The van der Waals surface area contributed by atoms with Crippen LogP contribution in [-0.4, -0.2) is 43.4 Å². The fourth-order valence-corrected chi connectivity index (χ4v) is 2.59. The molecule has 1 fully saturated rings. The third kappa shape index (κ3) is 4.60. The maximum atomic E-state index is 12.9. The Kier molecular flexibility index (Phi) is 5.53. The van der Waals surface area contributed by atoms with E-state index in [9.17, 15) is 9.18 Å². The van der Waals surface area contributed by atoms with Crippen LogP contribution < -0.4 is 4.90 Å². The van der Waals surface area contributed by atoms with E-state index in [0.29, 0.717) is 6.42 Å². The normalized spacial score (nSPS) is 16.4. The second kappa shape index (κ2) is 7.39. The van der Waals surface area contributed by atoms with Gasteiger partial charge in [0, 0.05) is 38.3 Å². The predicted molar refractivity (Wildman–Crippen MR) is 79.6 cm³/mol. The second-order valence-electron chi connectivity index (χ2n) is 5.46. The summed E-state index contributed by atoms with van der Waals surface area (Å²) in [5.41, 5.74) is 1.10. The Balaban J connectivity index is 1.69. The molecule has 20 heavy (non-hydrogen) atoms. The molecule has 1 saturated heterocycles. The monoisotopic (exact) mass is 278 g/mol. The molecule has 0 spiro atoms. The first-order valence-electron chi connectivity index (χ1n) is 7.37. The lowest BCUT2D eigenvalue weighted by molar-refractivity contribution is -0.117. The number of unbranched alkanes of at least 4 members (excludes halogenated alkanes) is 1. The molecule has 0 bridgehead atoms. The number of benzene rings is 1. The van der Waals surface area contributed by atoms with Gasteiger partial charge in [0.25, 0.3) is 0 Å². The summed E-state index contributed by atoms with van der Waals surface area (Å²) in [5.74, 6) is 0.101. The summed E-state index contributed by atoms with van der Waals surface area (Å²) in [7, 11) is 0. The molecule has 0 radical (unpaired) electrons. The molecule has 110 valence electrons. The van der Waals surface area contributed by atoms with E-state index >= 15 is 0 Å². The lowest BCUT2D eigenvalue weighted by Crippen LogP contribution is -2.46. The summed E-state index contributed by atoms with van der Waals surface area (Å²) in [6, 6.07) is 6.72. The Bertz CT molecular complexity index is 425. The number of carbonyl (C=O) groups excluding carboxylic acids is 1. The Hall–Kier alpha value is -1.42. The van der Waals surface area contributed by atoms with Crippen LogP contribution in [0, 0.1) is 5.82 Å². The molecule has 0 N–H and O–H groups in total. The fourth-order valence-electron chi connectivity index (χ4n) is 2.59. The van der Waals surface area contributed by atoms with E-state index in [0.717, 1.165) is 51.3 Å². The molecule has 0 saturated carbocycles. The minimum Gasteiger partial charge on any atom is -0.369 e. The molecule has 1 aromatic carbocycles. The van der Waals surface area contributed by atoms with Crippen molar-refractivity contribution in [1.29, 1.82) is 0 Å². The molecule has 1 aliphatic heterocycles. The van der Waals surface area contributed by atoms with Crippen LogP contribution in [0.3, 0.4) is 0 Å². The molecule has 1 aromatic rings. The molecule has 2 rings (SSSR count). The van der Waals surface area contributed by atoms with Crippen LogP contribution in [-0.2, 0) is 4.79 Å². The highest BCUT2D eigenvalue weighted by molar-refractivity contribution is 5.75. The topological polar surface area (TPSA) is 23.6 Å². The second-order valence-corrected chi connectivity index (χ2v) is 5.46. The van der Waals surface area contributed by atoms with Crippen molar-refractivity contribution in [2.24, 2.45) is 0 Å². The maximum Gasteiger partial charge on any atom is 0.129 e. The lowest BCUT2D eigenvalue weighted by atomic mass is 10.1. The van der Waals surface area contributed by atoms with Gasteiger partial charge in [0.15, 0.2) is 0 Å². The zero-order valence-corrected chi connectivity index (χ0v) is 12.1. The van der Waals surface area contributed by atoms with E-state index in [1.54, 1.807) is 6.92 Å². The van der Waals surface area contributed by atoms with Gasteiger partial charge in [-0.1, -0.05) is 0 Å². The molecule has 4 heteroatoms. The van der Waals surface area contributed by atoms with Crippen LogP contribution >= 0.6 is 0 Å². The van der Waals surface area contributed by atoms with Crippen molar-refractivity contribution in [2.45, 2.75) is 26.2 Å². The van der Waals surface area contributed by atoms with Gasteiger partial charge in [0.1, 0.15) is 11.6 Å². The molecular formula is C16H23FN2O. The third-order valence-electron chi connectivity index (χ3n) is 3.82. The van der Waals surface area contributed by atoms with E-state index in [1.165, 1.54) is 12.1 Å². The van der Waals surface area contributed by atoms with Crippen molar-refractivity contribution in [3.63, 3.8) is 0 Å². The first-order chi connectivity index (χ1) is 9.65. The average Bonchev–Trinajstić information content (AvgIpc) is 2.45. The molecule has 1 heterocycles. The minimum absolute atomic E-state index is 0.183. The van der Waals surface area contributed by atoms with Crippen molar-refractivity contribution >= 4 is 11.5 Å². The Morgan fingerprint density at radius 1 is 1.10 bits per heavy atom. The van der Waals surface area contributed by atoms with Crippen molar-refractivity contribution in [3.8, 4) is 0 Å². The van der Waals surface area contributed by atoms with Crippen molar-refractivity contribution in [1.82, 2.24) is 4.90 Å². The number of hydrogen-bond acceptors (Lipinski definition) is 3. The van der Waals surface area contributed by atoms with E-state index < -0.39 is 0 Å². The largest absolute Gasteiger partial charge is 0.369 e. The number of rotatable bonds is 6. The Morgan fingerprint density at radius 3 is 2.35 bits per heavy atom. The quantitative estimate of drug-likeness (QED) is 0.748. The van der Waals surface area contributed by atoms with E-state index in [2.05, 4.69) is 9.80 Å². The summed E-state index contributed by atoms with van der Waals surface area (Å²) in [6.07, 6.45) is 2.79. The zero-order valence-electron chi connectivity index (χ0n) is 12.1. The van der Waals surface area contributed by atoms with Crippen molar-refractivity contribution < 1.29 is 9.18 Å². The number of nitrogens with zero attached hydrogens (tertiary/aromatic N) is 2. The summed E-state index contributed by atoms with van der Waals surface area (Å²) in [4.78, 5) is 15.6. The van der Waals surface area contributed by atoms with Crippen LogP contribution in [0.4, 0.5) is 10.1 Å². The zero-order chi connectivity index (χ0) is 14.4. The summed E-state index contributed by atoms with van der Waals surface area (Å²) < 4.78 is 12.9. The van der Waals surface area contributed by atoms with Gasteiger partial charge in [0.05, 0.1) is 0 Å². The third-order valence-corrected chi connectivity index (χ3v) is 3.82. The van der Waals surface area contributed by atoms with Gasteiger partial charge < -0.3 is 9.69 Å². The number of anilines is 1. The van der Waals surface area contributed by atoms with Crippen LogP contribution in [0.15, 0.2) is 24.3 Å². The highest BCUT2D eigenvalue weighted by Crippen LogP contribution is 2.17. The van der Waals surface area contributed by atoms with Gasteiger partial charge in [0.2, 0.25) is 0 Å². The Morgan fingerprint density at radius 2 is 1.75 bits per heavy atom. The number of hydrogen-bond donors (Lipinski definition) is 0. The summed E-state index contributed by atoms with van der Waals surface area (Å²) in [5, 5.41) is 0. The van der Waals surface area contributed by atoms with E-state index in [-0.39, 0.29) is 11.6 Å². The fraction of sp³-hybridized carbons (Fsp3) is 0.562. The van der Waals surface area contributed by atoms with Gasteiger partial charge in [-0.3, -0.25) is 4.90 Å². The van der Waals surface area contributed by atoms with Crippen molar-refractivity contribution in [3.05, 3.63) is 30.1 Å². The highest BCUT2D eigenvalue weighted by atomic mass is 19.1. The number of Topliss-reactive ketones (excluding diaryl/α,β-unsaturated/α-hetero) is 1. The number of piperazine rings is 1. The van der Waals surface area contributed by atoms with Crippen LogP contribution in [0.1, 0.15) is 26.2 Å². The van der Waals surface area contributed by atoms with Crippen molar-refractivity contribution in [2.75, 3.05) is 37.6 Å². The average molecular weight is 278 g/mol. The van der Waals surface area contributed by atoms with Gasteiger partial charge in [-0.15, -0.1) is 0 Å². The molecule has 1 aliphatic rings. The number of halogens is 1. The molecule has 3 nitrogen and oxygen atoms in total. The molecule has 0 aromatic heterocycles. The minimum atomic E-state index is -0.183. The van der Waals surface area contributed by atoms with E-state index in [1.807, 2.05) is 12.1 Å². The SMILES string of the molecule is CC(=O)CCCCN1CCN(c2ccc(F)cc2)CC1. The number of ketones is 1. The first-order valence-corrected chi connectivity index (χ1v) is 7.37. The van der Waals surface area contributed by atoms with Crippen LogP contribution in [0.2, 0.25) is 0 Å². The predicted octanol–water partition coefficient (Wildman–Crippen LogP) is 2.71. The van der Waals surface area contributed by atoms with Crippen LogP contribution in [0.25, 0.3) is 0 Å². The molecule has 0 atom stereocenters. The molecular weight excluding hydrogens is 255 g/mol. The van der Waals surface area contributed by atoms with Gasteiger partial charge in [-0.05, 0) is 50.6 Å². The number of carbonyl (C=O) groups is 1.